The number of carbonyl (C=O) groups is 2. The Morgan fingerprint density at radius 2 is 1.83 bits per heavy atom. The van der Waals surface area contributed by atoms with E-state index >= 15 is 0 Å². The molecule has 0 heterocycles. The van der Waals surface area contributed by atoms with Crippen LogP contribution in [0.25, 0.3) is 6.08 Å². The highest BCUT2D eigenvalue weighted by Crippen LogP contribution is 2.27. The van der Waals surface area contributed by atoms with Crippen molar-refractivity contribution in [2.45, 2.75) is 39.7 Å². The zero-order valence-electron chi connectivity index (χ0n) is 16.8. The number of nitrogens with zero attached hydrogens (tertiary/aromatic N) is 1. The van der Waals surface area contributed by atoms with Crippen LogP contribution in [0.2, 0.25) is 0 Å². The minimum Gasteiger partial charge on any atom is -0.449 e. The lowest BCUT2D eigenvalue weighted by Gasteiger charge is -2.18. The summed E-state index contributed by atoms with van der Waals surface area (Å²) in [7, 11) is 0. The Morgan fingerprint density at radius 3 is 2.48 bits per heavy atom. The van der Waals surface area contributed by atoms with Gasteiger partial charge < -0.3 is 10.1 Å². The van der Waals surface area contributed by atoms with E-state index in [4.69, 9.17) is 4.74 Å². The van der Waals surface area contributed by atoms with E-state index in [1.54, 1.807) is 6.07 Å². The van der Waals surface area contributed by atoms with Crippen molar-refractivity contribution in [3.05, 3.63) is 75.3 Å². The number of benzene rings is 2. The molecule has 0 unspecified atom stereocenters. The van der Waals surface area contributed by atoms with Gasteiger partial charge in [0, 0.05) is 23.9 Å². The number of nitrogens with one attached hydrogen (secondary N) is 1. The van der Waals surface area contributed by atoms with E-state index in [1.807, 2.05) is 39.0 Å². The fourth-order valence-corrected chi connectivity index (χ4v) is 2.74. The van der Waals surface area contributed by atoms with E-state index in [0.717, 1.165) is 22.9 Å². The number of ether oxygens (including phenoxy) is 1. The second-order valence-corrected chi connectivity index (χ2v) is 6.95. The zero-order chi connectivity index (χ0) is 21.6. The van der Waals surface area contributed by atoms with Gasteiger partial charge in [-0.15, -0.1) is 0 Å². The molecule has 0 aliphatic carbocycles. The molecule has 0 fully saturated rings. The summed E-state index contributed by atoms with van der Waals surface area (Å²) in [5.41, 5.74) is 3.06. The molecule has 1 atom stereocenters. The molecular weight excluding hydrogens is 372 g/mol. The van der Waals surface area contributed by atoms with Crippen LogP contribution in [0, 0.1) is 17.0 Å². The van der Waals surface area contributed by atoms with Crippen LogP contribution >= 0.6 is 0 Å². The lowest BCUT2D eigenvalue weighted by atomic mass is 9.98. The number of amides is 1. The zero-order valence-corrected chi connectivity index (χ0v) is 16.8. The van der Waals surface area contributed by atoms with Gasteiger partial charge in [-0.2, -0.15) is 0 Å². The molecule has 0 aromatic heterocycles. The summed E-state index contributed by atoms with van der Waals surface area (Å²) in [6, 6.07) is 11.6. The molecule has 29 heavy (non-hydrogen) atoms. The maximum absolute atomic E-state index is 12.5. The van der Waals surface area contributed by atoms with Gasteiger partial charge in [-0.05, 0) is 42.5 Å². The van der Waals surface area contributed by atoms with Crippen LogP contribution in [-0.4, -0.2) is 22.9 Å². The van der Waals surface area contributed by atoms with Crippen LogP contribution in [0.4, 0.5) is 11.4 Å². The van der Waals surface area contributed by atoms with Crippen molar-refractivity contribution in [3.8, 4) is 0 Å². The molecule has 0 aliphatic rings. The number of nitro groups is 1. The average Bonchev–Trinajstić information content (AvgIpc) is 2.67. The van der Waals surface area contributed by atoms with Crippen LogP contribution in [0.1, 0.15) is 43.4 Å². The summed E-state index contributed by atoms with van der Waals surface area (Å²) in [4.78, 5) is 34.8. The number of rotatable bonds is 7. The van der Waals surface area contributed by atoms with Gasteiger partial charge in [-0.25, -0.2) is 4.79 Å². The lowest BCUT2D eigenvalue weighted by Crippen LogP contribution is -2.30. The first kappa shape index (κ1) is 21.8. The molecule has 152 valence electrons. The molecule has 0 bridgehead atoms. The molecule has 7 nitrogen and oxygen atoms in total. The second-order valence-electron chi connectivity index (χ2n) is 6.95. The highest BCUT2D eigenvalue weighted by Gasteiger charge is 2.19. The Bertz CT molecular complexity index is 950. The highest BCUT2D eigenvalue weighted by atomic mass is 16.6. The largest absolute Gasteiger partial charge is 0.449 e. The van der Waals surface area contributed by atoms with Crippen molar-refractivity contribution >= 4 is 29.3 Å². The summed E-state index contributed by atoms with van der Waals surface area (Å²) in [5.74, 6) is -0.924. The van der Waals surface area contributed by atoms with Crippen LogP contribution in [0.5, 0.6) is 0 Å². The van der Waals surface area contributed by atoms with Crippen molar-refractivity contribution in [2.24, 2.45) is 0 Å². The molecule has 2 aromatic carbocycles. The number of aryl methyl sites for hydroxylation is 1. The van der Waals surface area contributed by atoms with Crippen LogP contribution in [0.15, 0.2) is 48.5 Å². The minimum atomic E-state index is -1.00. The maximum Gasteiger partial charge on any atom is 0.331 e. The monoisotopic (exact) mass is 396 g/mol. The number of esters is 1. The summed E-state index contributed by atoms with van der Waals surface area (Å²) < 4.78 is 5.15. The van der Waals surface area contributed by atoms with Gasteiger partial charge in [-0.1, -0.05) is 44.2 Å². The topological polar surface area (TPSA) is 98.5 Å². The van der Waals surface area contributed by atoms with Crippen molar-refractivity contribution in [1.29, 1.82) is 0 Å². The molecule has 1 N–H and O–H groups in total. The summed E-state index contributed by atoms with van der Waals surface area (Å²) in [5, 5.41) is 13.6. The smallest absolute Gasteiger partial charge is 0.331 e. The number of hydrogen-bond acceptors (Lipinski definition) is 5. The minimum absolute atomic E-state index is 0.0764. The van der Waals surface area contributed by atoms with E-state index in [0.29, 0.717) is 5.56 Å². The van der Waals surface area contributed by atoms with Crippen molar-refractivity contribution in [2.75, 3.05) is 5.32 Å². The second kappa shape index (κ2) is 9.64. The Morgan fingerprint density at radius 1 is 1.14 bits per heavy atom. The lowest BCUT2D eigenvalue weighted by molar-refractivity contribution is -0.384. The molecule has 0 saturated carbocycles. The van der Waals surface area contributed by atoms with Gasteiger partial charge in [-0.3, -0.25) is 14.9 Å². The maximum atomic E-state index is 12.5. The van der Waals surface area contributed by atoms with Gasteiger partial charge >= 0.3 is 5.97 Å². The normalized spacial score (nSPS) is 12.0. The molecule has 0 aliphatic heterocycles. The number of nitro benzene ring substituents is 1. The van der Waals surface area contributed by atoms with E-state index in [2.05, 4.69) is 5.32 Å². The van der Waals surface area contributed by atoms with Gasteiger partial charge in [0.2, 0.25) is 0 Å². The third kappa shape index (κ3) is 6.00. The summed E-state index contributed by atoms with van der Waals surface area (Å²) >= 11 is 0. The number of carbonyl (C=O) groups excluding carboxylic acids is 2. The van der Waals surface area contributed by atoms with E-state index in [-0.39, 0.29) is 11.6 Å². The Balaban J connectivity index is 2.02. The van der Waals surface area contributed by atoms with Crippen molar-refractivity contribution in [1.82, 2.24) is 0 Å². The van der Waals surface area contributed by atoms with Crippen LogP contribution in [0.3, 0.4) is 0 Å². The fourth-order valence-electron chi connectivity index (χ4n) is 2.74. The first-order valence-corrected chi connectivity index (χ1v) is 9.22. The summed E-state index contributed by atoms with van der Waals surface area (Å²) in [6.45, 7) is 7.46. The quantitative estimate of drug-likeness (QED) is 0.319. The third-order valence-corrected chi connectivity index (χ3v) is 4.33. The standard InChI is InChI=1S/C22H24N2O5/c1-14(2)19-10-5-7-15(3)21(19)23-22(26)16(4)29-20(25)12-11-17-8-6-9-18(13-17)24(27)28/h5-14,16H,1-4H3,(H,23,26)/b12-11+/t16-/m1/s1. The predicted molar refractivity (Wildman–Crippen MR) is 112 cm³/mol. The SMILES string of the molecule is Cc1cccc(C(C)C)c1NC(=O)[C@@H](C)OC(=O)/C=C/c1cccc([N+](=O)[O-])c1. The molecular formula is C22H24N2O5. The molecule has 0 radical (unpaired) electrons. The Kier molecular flexibility index (Phi) is 7.25. The van der Waals surface area contributed by atoms with Crippen LogP contribution < -0.4 is 5.32 Å². The van der Waals surface area contributed by atoms with Crippen LogP contribution in [-0.2, 0) is 14.3 Å². The van der Waals surface area contributed by atoms with E-state index < -0.39 is 22.9 Å². The third-order valence-electron chi connectivity index (χ3n) is 4.33. The molecule has 0 spiro atoms. The fraction of sp³-hybridized carbons (Fsp3) is 0.273. The molecule has 7 heteroatoms. The number of para-hydroxylation sites is 1. The van der Waals surface area contributed by atoms with Gasteiger partial charge in [0.15, 0.2) is 6.10 Å². The molecule has 2 aromatic rings. The number of non-ortho nitro benzene ring substituents is 1. The molecule has 1 amide bonds. The number of anilines is 1. The number of hydrogen-bond donors (Lipinski definition) is 1. The van der Waals surface area contributed by atoms with Crippen molar-refractivity contribution in [3.63, 3.8) is 0 Å². The first-order chi connectivity index (χ1) is 13.7. The average molecular weight is 396 g/mol. The van der Waals surface area contributed by atoms with Gasteiger partial charge in [0.05, 0.1) is 4.92 Å². The summed E-state index contributed by atoms with van der Waals surface area (Å²) in [6.07, 6.45) is 1.53. The van der Waals surface area contributed by atoms with E-state index in [1.165, 1.54) is 31.2 Å². The Labute approximate surface area is 169 Å². The highest BCUT2D eigenvalue weighted by molar-refractivity contribution is 5.97. The Hall–Kier alpha value is -3.48. The first-order valence-electron chi connectivity index (χ1n) is 9.22. The van der Waals surface area contributed by atoms with Gasteiger partial charge in [0.1, 0.15) is 0 Å². The van der Waals surface area contributed by atoms with Crippen molar-refractivity contribution < 1.29 is 19.2 Å². The van der Waals surface area contributed by atoms with Gasteiger partial charge in [0.25, 0.3) is 11.6 Å². The predicted octanol–water partition coefficient (Wildman–Crippen LogP) is 4.61. The molecule has 2 rings (SSSR count). The van der Waals surface area contributed by atoms with E-state index in [9.17, 15) is 19.7 Å². The molecule has 0 saturated heterocycles.